The molecule has 2 aromatic rings. The Morgan fingerprint density at radius 2 is 1.89 bits per heavy atom. The summed E-state index contributed by atoms with van der Waals surface area (Å²) in [7, 11) is 0. The maximum Gasteiger partial charge on any atom is 0.0888 e. The zero-order valence-electron chi connectivity index (χ0n) is 11.2. The second kappa shape index (κ2) is 5.57. The monoisotopic (exact) mass is 357 g/mol. The van der Waals surface area contributed by atoms with Crippen molar-refractivity contribution < 1.29 is 0 Å². The van der Waals surface area contributed by atoms with Crippen LogP contribution in [0.5, 0.6) is 0 Å². The maximum absolute atomic E-state index is 6.43. The van der Waals surface area contributed by atoms with Crippen LogP contribution in [-0.4, -0.2) is 0 Å². The van der Waals surface area contributed by atoms with Gasteiger partial charge in [-0.25, -0.2) is 0 Å². The number of halogens is 2. The van der Waals surface area contributed by atoms with Crippen molar-refractivity contribution in [3.63, 3.8) is 0 Å². The Morgan fingerprint density at radius 3 is 2.42 bits per heavy atom. The molecule has 4 heteroatoms. The van der Waals surface area contributed by atoms with E-state index in [9.17, 15) is 0 Å². The van der Waals surface area contributed by atoms with E-state index in [1.54, 1.807) is 11.3 Å². The highest BCUT2D eigenvalue weighted by molar-refractivity contribution is 9.11. The van der Waals surface area contributed by atoms with Crippen molar-refractivity contribution in [1.29, 1.82) is 0 Å². The first-order chi connectivity index (χ1) is 8.80. The van der Waals surface area contributed by atoms with E-state index in [1.165, 1.54) is 11.1 Å². The Kier molecular flexibility index (Phi) is 4.41. The first-order valence-electron chi connectivity index (χ1n) is 6.10. The quantitative estimate of drug-likeness (QED) is 0.752. The lowest BCUT2D eigenvalue weighted by atomic mass is 9.82. The molecule has 1 nitrogen and oxygen atoms in total. The van der Waals surface area contributed by atoms with Gasteiger partial charge in [0.15, 0.2) is 0 Å². The van der Waals surface area contributed by atoms with Crippen molar-refractivity contribution in [3.05, 3.63) is 55.1 Å². The molecule has 1 aromatic carbocycles. The van der Waals surface area contributed by atoms with E-state index in [2.05, 4.69) is 54.9 Å². The lowest BCUT2D eigenvalue weighted by molar-refractivity contribution is 0.578. The number of rotatable bonds is 2. The molecule has 1 heterocycles. The summed E-state index contributed by atoms with van der Waals surface area (Å²) in [5, 5.41) is 0.726. The lowest BCUT2D eigenvalue weighted by Crippen LogP contribution is -2.20. The molecule has 0 aliphatic rings. The van der Waals surface area contributed by atoms with Gasteiger partial charge in [-0.05, 0) is 38.5 Å². The van der Waals surface area contributed by atoms with Gasteiger partial charge in [0.25, 0.3) is 0 Å². The molecule has 102 valence electrons. The van der Waals surface area contributed by atoms with E-state index >= 15 is 0 Å². The topological polar surface area (TPSA) is 26.0 Å². The van der Waals surface area contributed by atoms with Crippen LogP contribution in [0, 0.1) is 0 Å². The van der Waals surface area contributed by atoms with E-state index in [4.69, 9.17) is 17.3 Å². The zero-order chi connectivity index (χ0) is 14.2. The van der Waals surface area contributed by atoms with Gasteiger partial charge in [-0.3, -0.25) is 0 Å². The van der Waals surface area contributed by atoms with Crippen molar-refractivity contribution in [2.45, 2.75) is 32.2 Å². The van der Waals surface area contributed by atoms with E-state index in [0.29, 0.717) is 0 Å². The Bertz CT molecular complexity index is 567. The summed E-state index contributed by atoms with van der Waals surface area (Å²) >= 11 is 11.1. The zero-order valence-corrected chi connectivity index (χ0v) is 14.4. The lowest BCUT2D eigenvalue weighted by Gasteiger charge is -2.25. The molecule has 0 radical (unpaired) electrons. The minimum absolute atomic E-state index is 0.0759. The molecule has 0 aliphatic heterocycles. The van der Waals surface area contributed by atoms with Crippen molar-refractivity contribution in [2.75, 3.05) is 0 Å². The van der Waals surface area contributed by atoms with Crippen LogP contribution in [0.3, 0.4) is 0 Å². The summed E-state index contributed by atoms with van der Waals surface area (Å²) in [4.78, 5) is 1.08. The average molecular weight is 359 g/mol. The van der Waals surface area contributed by atoms with Crippen LogP contribution in [-0.2, 0) is 5.41 Å². The molecule has 1 atom stereocenters. The Balaban J connectivity index is 2.47. The molecule has 0 fully saturated rings. The van der Waals surface area contributed by atoms with Crippen LogP contribution in [0.4, 0.5) is 0 Å². The van der Waals surface area contributed by atoms with Gasteiger partial charge in [0.2, 0.25) is 0 Å². The normalized spacial score (nSPS) is 13.6. The minimum Gasteiger partial charge on any atom is -0.320 e. The molecule has 0 amide bonds. The third kappa shape index (κ3) is 3.22. The van der Waals surface area contributed by atoms with Crippen molar-refractivity contribution in [3.8, 4) is 0 Å². The SMILES string of the molecule is CC(C)(C)c1ccccc1C(N)c1cc(Cl)c(Br)s1. The highest BCUT2D eigenvalue weighted by Gasteiger charge is 2.22. The van der Waals surface area contributed by atoms with Crippen LogP contribution in [0.25, 0.3) is 0 Å². The van der Waals surface area contributed by atoms with E-state index in [-0.39, 0.29) is 11.5 Å². The third-order valence-corrected chi connectivity index (χ3v) is 5.63. The molecule has 2 N–H and O–H groups in total. The molecule has 0 saturated heterocycles. The molecule has 1 unspecified atom stereocenters. The highest BCUT2D eigenvalue weighted by atomic mass is 79.9. The Morgan fingerprint density at radius 1 is 1.26 bits per heavy atom. The fraction of sp³-hybridized carbons (Fsp3) is 0.333. The van der Waals surface area contributed by atoms with Crippen LogP contribution in [0.15, 0.2) is 34.1 Å². The van der Waals surface area contributed by atoms with Gasteiger partial charge in [0.05, 0.1) is 14.9 Å². The maximum atomic E-state index is 6.43. The number of hydrogen-bond acceptors (Lipinski definition) is 2. The molecule has 0 saturated carbocycles. The van der Waals surface area contributed by atoms with Gasteiger partial charge in [0, 0.05) is 4.88 Å². The fourth-order valence-electron chi connectivity index (χ4n) is 2.12. The third-order valence-electron chi connectivity index (χ3n) is 3.07. The highest BCUT2D eigenvalue weighted by Crippen LogP contribution is 2.38. The number of thiophene rings is 1. The molecule has 19 heavy (non-hydrogen) atoms. The van der Waals surface area contributed by atoms with Gasteiger partial charge in [-0.1, -0.05) is 56.6 Å². The molecule has 0 aliphatic carbocycles. The van der Waals surface area contributed by atoms with Crippen LogP contribution in [0.2, 0.25) is 5.02 Å². The van der Waals surface area contributed by atoms with Crippen molar-refractivity contribution in [2.24, 2.45) is 5.73 Å². The van der Waals surface area contributed by atoms with Crippen LogP contribution in [0.1, 0.15) is 42.8 Å². The summed E-state index contributed by atoms with van der Waals surface area (Å²) in [6.07, 6.45) is 0. The number of hydrogen-bond donors (Lipinski definition) is 1. The van der Waals surface area contributed by atoms with Gasteiger partial charge in [0.1, 0.15) is 0 Å². The summed E-state index contributed by atoms with van der Waals surface area (Å²) < 4.78 is 0.938. The predicted molar refractivity (Wildman–Crippen MR) is 88.2 cm³/mol. The second-order valence-corrected chi connectivity index (χ2v) is 8.39. The molecular weight excluding hydrogens is 342 g/mol. The number of nitrogens with two attached hydrogens (primary N) is 1. The molecular formula is C15H17BrClNS. The average Bonchev–Trinajstić information content (AvgIpc) is 2.68. The second-order valence-electron chi connectivity index (χ2n) is 5.59. The summed E-state index contributed by atoms with van der Waals surface area (Å²) in [6, 6.07) is 10.2. The van der Waals surface area contributed by atoms with E-state index in [0.717, 1.165) is 13.7 Å². The van der Waals surface area contributed by atoms with E-state index < -0.39 is 0 Å². The van der Waals surface area contributed by atoms with Crippen LogP contribution >= 0.6 is 38.9 Å². The van der Waals surface area contributed by atoms with Gasteiger partial charge >= 0.3 is 0 Å². The van der Waals surface area contributed by atoms with Gasteiger partial charge < -0.3 is 5.73 Å². The smallest absolute Gasteiger partial charge is 0.0888 e. The first-order valence-corrected chi connectivity index (χ1v) is 8.09. The first kappa shape index (κ1) is 15.0. The minimum atomic E-state index is -0.135. The molecule has 0 bridgehead atoms. The van der Waals surface area contributed by atoms with E-state index in [1.807, 2.05) is 12.1 Å². The largest absolute Gasteiger partial charge is 0.320 e. The summed E-state index contributed by atoms with van der Waals surface area (Å²) in [5.41, 5.74) is 8.95. The van der Waals surface area contributed by atoms with Crippen molar-refractivity contribution in [1.82, 2.24) is 0 Å². The van der Waals surface area contributed by atoms with Crippen molar-refractivity contribution >= 4 is 38.9 Å². The summed E-state index contributed by atoms with van der Waals surface area (Å²) in [5.74, 6) is 0. The Hall–Kier alpha value is -0.350. The summed E-state index contributed by atoms with van der Waals surface area (Å²) in [6.45, 7) is 6.61. The predicted octanol–water partition coefficient (Wildman–Crippen LogP) is 5.51. The molecule has 2 rings (SSSR count). The van der Waals surface area contributed by atoms with Gasteiger partial charge in [-0.2, -0.15) is 0 Å². The number of benzene rings is 1. The molecule has 1 aromatic heterocycles. The van der Waals surface area contributed by atoms with Gasteiger partial charge in [-0.15, -0.1) is 11.3 Å². The standard InChI is InChI=1S/C15H17BrClNS/c1-15(2,3)10-7-5-4-6-9(10)13(18)12-8-11(17)14(16)19-12/h4-8,13H,18H2,1-3H3. The molecule has 0 spiro atoms. The fourth-order valence-corrected chi connectivity index (χ4v) is 3.89. The Labute approximate surface area is 131 Å². The van der Waals surface area contributed by atoms with Crippen LogP contribution < -0.4 is 5.73 Å².